The van der Waals surface area contributed by atoms with Crippen LogP contribution in [0.2, 0.25) is 0 Å². The first-order chi connectivity index (χ1) is 18.8. The van der Waals surface area contributed by atoms with Crippen LogP contribution >= 0.6 is 0 Å². The average molecular weight is 553 g/mol. The number of carboxylic acids is 1. The number of amidine groups is 1. The summed E-state index contributed by atoms with van der Waals surface area (Å²) in [6.45, 7) is 1.88. The highest BCUT2D eigenvalue weighted by Crippen LogP contribution is 2.29. The Labute approximate surface area is 231 Å². The van der Waals surface area contributed by atoms with Crippen LogP contribution in [0, 0.1) is 5.41 Å². The van der Waals surface area contributed by atoms with Gasteiger partial charge in [0.1, 0.15) is 17.9 Å². The molecule has 0 heterocycles. The molecule has 0 aliphatic heterocycles. The van der Waals surface area contributed by atoms with Gasteiger partial charge in [-0.1, -0.05) is 54.6 Å². The van der Waals surface area contributed by atoms with Crippen molar-refractivity contribution in [3.05, 3.63) is 71.3 Å². The molecule has 2 aromatic rings. The summed E-state index contributed by atoms with van der Waals surface area (Å²) >= 11 is 0. The molecule has 2 rings (SSSR count). The molecule has 0 fully saturated rings. The second kappa shape index (κ2) is 14.3. The van der Waals surface area contributed by atoms with Gasteiger partial charge in [0.15, 0.2) is 5.96 Å². The second-order valence-corrected chi connectivity index (χ2v) is 9.52. The van der Waals surface area contributed by atoms with Crippen LogP contribution in [0.5, 0.6) is 0 Å². The average Bonchev–Trinajstić information content (AvgIpc) is 2.90. The van der Waals surface area contributed by atoms with Crippen molar-refractivity contribution >= 4 is 35.5 Å². The van der Waals surface area contributed by atoms with E-state index in [1.165, 1.54) is 0 Å². The topological polar surface area (TPSA) is 253 Å². The summed E-state index contributed by atoms with van der Waals surface area (Å²) in [5.74, 6) is -3.85. The highest BCUT2D eigenvalue weighted by molar-refractivity contribution is 5.97. The highest BCUT2D eigenvalue weighted by atomic mass is 16.4. The number of nitrogens with zero attached hydrogens (tertiary/aromatic N) is 1. The number of aliphatic imine (C=N–C) groups is 1. The zero-order valence-electron chi connectivity index (χ0n) is 22.2. The van der Waals surface area contributed by atoms with Gasteiger partial charge in [0.25, 0.3) is 0 Å². The summed E-state index contributed by atoms with van der Waals surface area (Å²) in [7, 11) is 0. The van der Waals surface area contributed by atoms with Gasteiger partial charge < -0.3 is 38.7 Å². The zero-order chi connectivity index (χ0) is 29.9. The van der Waals surface area contributed by atoms with E-state index >= 15 is 0 Å². The summed E-state index contributed by atoms with van der Waals surface area (Å²) in [6.07, 6.45) is -0.119. The van der Waals surface area contributed by atoms with E-state index in [1.54, 1.807) is 61.5 Å². The second-order valence-electron chi connectivity index (χ2n) is 9.52. The van der Waals surface area contributed by atoms with Gasteiger partial charge in [-0.05, 0) is 37.3 Å². The van der Waals surface area contributed by atoms with Crippen LogP contribution < -0.4 is 33.6 Å². The summed E-state index contributed by atoms with van der Waals surface area (Å²) in [5.41, 5.74) is 22.2. The number of nitrogens with one attached hydrogen (secondary N) is 3. The monoisotopic (exact) mass is 552 g/mol. The number of amides is 3. The van der Waals surface area contributed by atoms with Gasteiger partial charge in [-0.25, -0.2) is 0 Å². The standard InChI is InChI=1S/C27H36N8O5/c1-27(18-6-3-2-4-7-18,15-16-9-11-17(12-10-16)22(28)29)25(40)35-20(14-21(36)37)24(39)34-19(23(30)38)8-5-13-33-26(31)32/h2-4,6-7,9-12,19-20H,5,8,13-15H2,1H3,(H3,28,29)(H2,30,38)(H,34,39)(H,35,40)(H,36,37)(H4,31,32,33)/t19-,20-,27?/m0/s1. The number of nitrogens with two attached hydrogens (primary N) is 4. The molecule has 0 aromatic heterocycles. The minimum Gasteiger partial charge on any atom is -0.481 e. The van der Waals surface area contributed by atoms with E-state index in [4.69, 9.17) is 28.3 Å². The quantitative estimate of drug-likeness (QED) is 0.0806. The van der Waals surface area contributed by atoms with E-state index in [-0.39, 0.29) is 31.2 Å². The molecule has 2 aromatic carbocycles. The van der Waals surface area contributed by atoms with Crippen LogP contribution in [-0.4, -0.2) is 59.2 Å². The van der Waals surface area contributed by atoms with Crippen LogP contribution in [0.15, 0.2) is 59.6 Å². The molecular weight excluding hydrogens is 516 g/mol. The molecule has 0 radical (unpaired) electrons. The fourth-order valence-corrected chi connectivity index (χ4v) is 4.09. The van der Waals surface area contributed by atoms with Crippen LogP contribution in [-0.2, 0) is 31.0 Å². The maximum Gasteiger partial charge on any atom is 0.305 e. The molecule has 12 N–H and O–H groups in total. The van der Waals surface area contributed by atoms with E-state index in [2.05, 4.69) is 15.6 Å². The number of carbonyl (C=O) groups is 4. The predicted molar refractivity (Wildman–Crippen MR) is 150 cm³/mol. The van der Waals surface area contributed by atoms with E-state index in [9.17, 15) is 24.3 Å². The third-order valence-corrected chi connectivity index (χ3v) is 6.34. The van der Waals surface area contributed by atoms with E-state index < -0.39 is 47.6 Å². The molecule has 0 saturated heterocycles. The van der Waals surface area contributed by atoms with Gasteiger partial charge in [-0.3, -0.25) is 29.6 Å². The maximum absolute atomic E-state index is 13.8. The minimum absolute atomic E-state index is 0.0943. The summed E-state index contributed by atoms with van der Waals surface area (Å²) in [5, 5.41) is 22.0. The zero-order valence-corrected chi connectivity index (χ0v) is 22.2. The molecule has 0 aliphatic carbocycles. The lowest BCUT2D eigenvalue weighted by Crippen LogP contribution is -2.56. The summed E-state index contributed by atoms with van der Waals surface area (Å²) in [6, 6.07) is 13.0. The van der Waals surface area contributed by atoms with Crippen molar-refractivity contribution in [3.63, 3.8) is 0 Å². The fraction of sp³-hybridized carbons (Fsp3) is 0.333. The third-order valence-electron chi connectivity index (χ3n) is 6.34. The van der Waals surface area contributed by atoms with E-state index in [0.717, 1.165) is 5.56 Å². The first-order valence-electron chi connectivity index (χ1n) is 12.5. The van der Waals surface area contributed by atoms with Crippen LogP contribution in [0.25, 0.3) is 0 Å². The Balaban J connectivity index is 2.30. The number of hydrogen-bond acceptors (Lipinski definition) is 6. The molecule has 0 spiro atoms. The number of guanidine groups is 1. The molecule has 0 saturated carbocycles. The number of nitrogen functional groups attached to an aromatic ring is 1. The molecule has 214 valence electrons. The number of carboxylic acid groups (broad SMARTS) is 1. The van der Waals surface area contributed by atoms with Crippen molar-refractivity contribution in [2.45, 2.75) is 50.1 Å². The molecule has 3 atom stereocenters. The summed E-state index contributed by atoms with van der Waals surface area (Å²) < 4.78 is 0. The van der Waals surface area contributed by atoms with Gasteiger partial charge in [0.05, 0.1) is 11.8 Å². The number of carbonyl (C=O) groups excluding carboxylic acids is 3. The first kappa shape index (κ1) is 31.3. The molecule has 1 unspecified atom stereocenters. The lowest BCUT2D eigenvalue weighted by Gasteiger charge is -2.31. The Hall–Kier alpha value is -4.94. The number of primary amides is 1. The van der Waals surface area contributed by atoms with Crippen molar-refractivity contribution in [2.24, 2.45) is 27.9 Å². The van der Waals surface area contributed by atoms with Gasteiger partial charge >= 0.3 is 5.97 Å². The Morgan fingerprint density at radius 1 is 0.950 bits per heavy atom. The number of hydrogen-bond donors (Lipinski definition) is 8. The SMILES string of the molecule is CC(Cc1ccc(C(=N)N)cc1)(C(=O)N[C@@H](CC(=O)O)C(=O)N[C@@H](CCCN=C(N)N)C(N)=O)c1ccccc1. The van der Waals surface area contributed by atoms with E-state index in [1.807, 2.05) is 0 Å². The molecule has 40 heavy (non-hydrogen) atoms. The molecule has 13 heteroatoms. The Morgan fingerprint density at radius 3 is 2.10 bits per heavy atom. The van der Waals surface area contributed by atoms with E-state index in [0.29, 0.717) is 17.5 Å². The number of rotatable bonds is 15. The van der Waals surface area contributed by atoms with Crippen LogP contribution in [0.1, 0.15) is 42.9 Å². The Morgan fingerprint density at radius 2 is 1.57 bits per heavy atom. The van der Waals surface area contributed by atoms with Gasteiger partial charge in [-0.15, -0.1) is 0 Å². The van der Waals surface area contributed by atoms with Crippen molar-refractivity contribution in [2.75, 3.05) is 6.54 Å². The molecule has 3 amide bonds. The van der Waals surface area contributed by atoms with Gasteiger partial charge in [0.2, 0.25) is 17.7 Å². The first-order valence-corrected chi connectivity index (χ1v) is 12.5. The Bertz CT molecular complexity index is 1250. The number of aliphatic carboxylic acids is 1. The van der Waals surface area contributed by atoms with Gasteiger partial charge in [0, 0.05) is 12.1 Å². The Kier molecular flexibility index (Phi) is 11.2. The van der Waals surface area contributed by atoms with Crippen LogP contribution in [0.3, 0.4) is 0 Å². The van der Waals surface area contributed by atoms with Crippen molar-refractivity contribution < 1.29 is 24.3 Å². The largest absolute Gasteiger partial charge is 0.481 e. The maximum atomic E-state index is 13.8. The lowest BCUT2D eigenvalue weighted by atomic mass is 9.76. The van der Waals surface area contributed by atoms with Crippen molar-refractivity contribution in [1.82, 2.24) is 10.6 Å². The third kappa shape index (κ3) is 9.11. The highest BCUT2D eigenvalue weighted by Gasteiger charge is 2.38. The lowest BCUT2D eigenvalue weighted by molar-refractivity contribution is -0.141. The molecule has 0 aliphatic rings. The summed E-state index contributed by atoms with van der Waals surface area (Å²) in [4.78, 5) is 54.2. The molecule has 13 nitrogen and oxygen atoms in total. The smallest absolute Gasteiger partial charge is 0.305 e. The minimum atomic E-state index is -1.49. The van der Waals surface area contributed by atoms with Crippen LogP contribution in [0.4, 0.5) is 0 Å². The fourth-order valence-electron chi connectivity index (χ4n) is 4.09. The normalized spacial score (nSPS) is 13.6. The van der Waals surface area contributed by atoms with Crippen molar-refractivity contribution in [3.8, 4) is 0 Å². The predicted octanol–water partition coefficient (Wildman–Crippen LogP) is -0.546. The van der Waals surface area contributed by atoms with Gasteiger partial charge in [-0.2, -0.15) is 0 Å². The number of benzene rings is 2. The van der Waals surface area contributed by atoms with Crippen molar-refractivity contribution in [1.29, 1.82) is 5.41 Å². The molecular formula is C27H36N8O5. The molecule has 0 bridgehead atoms.